The molecule has 24 heavy (non-hydrogen) atoms. The van der Waals surface area contributed by atoms with Crippen molar-refractivity contribution in [2.45, 2.75) is 37.3 Å². The van der Waals surface area contributed by atoms with Crippen molar-refractivity contribution >= 4 is 11.8 Å². The van der Waals surface area contributed by atoms with Crippen molar-refractivity contribution in [1.82, 2.24) is 20.0 Å². The Labute approximate surface area is 141 Å². The molecule has 1 aliphatic carbocycles. The van der Waals surface area contributed by atoms with Crippen LogP contribution < -0.4 is 5.32 Å². The molecule has 2 fully saturated rings. The van der Waals surface area contributed by atoms with Crippen molar-refractivity contribution in [2.24, 2.45) is 5.92 Å². The normalized spacial score (nSPS) is 25.6. The highest BCUT2D eigenvalue weighted by atomic mass is 16.3. The molecule has 7 nitrogen and oxygen atoms in total. The highest BCUT2D eigenvalue weighted by Gasteiger charge is 2.43. The number of β-amino-alcohol motifs (C(OH)–C–C–N with tert-alkyl or cyclic N) is 1. The summed E-state index contributed by atoms with van der Waals surface area (Å²) < 4.78 is 1.87. The van der Waals surface area contributed by atoms with Gasteiger partial charge in [0.25, 0.3) is 0 Å². The minimum atomic E-state index is -1.04. The maximum absolute atomic E-state index is 12.6. The van der Waals surface area contributed by atoms with Crippen molar-refractivity contribution in [2.75, 3.05) is 19.6 Å². The number of nitrogens with zero attached hydrogens (tertiary/aromatic N) is 3. The molecule has 1 saturated carbocycles. The van der Waals surface area contributed by atoms with Gasteiger partial charge in [0.05, 0.1) is 25.0 Å². The Morgan fingerprint density at radius 2 is 2.12 bits per heavy atom. The van der Waals surface area contributed by atoms with Gasteiger partial charge in [-0.15, -0.1) is 0 Å². The fourth-order valence-electron chi connectivity index (χ4n) is 3.65. The summed E-state index contributed by atoms with van der Waals surface area (Å²) in [6.45, 7) is 4.05. The van der Waals surface area contributed by atoms with Crippen molar-refractivity contribution in [3.05, 3.63) is 31.1 Å². The molecule has 0 spiro atoms. The summed E-state index contributed by atoms with van der Waals surface area (Å²) in [7, 11) is 0. The zero-order valence-electron chi connectivity index (χ0n) is 13.7. The van der Waals surface area contributed by atoms with Gasteiger partial charge in [-0.2, -0.15) is 5.10 Å². The van der Waals surface area contributed by atoms with E-state index in [9.17, 15) is 14.7 Å². The van der Waals surface area contributed by atoms with E-state index in [0.717, 1.165) is 25.7 Å². The van der Waals surface area contributed by atoms with Crippen LogP contribution in [0, 0.1) is 5.92 Å². The third-order valence-corrected chi connectivity index (χ3v) is 4.98. The van der Waals surface area contributed by atoms with Gasteiger partial charge in [0.1, 0.15) is 5.60 Å². The number of likely N-dealkylation sites (tertiary alicyclic amines) is 1. The minimum Gasteiger partial charge on any atom is -0.384 e. The van der Waals surface area contributed by atoms with Crippen LogP contribution in [0.2, 0.25) is 0 Å². The van der Waals surface area contributed by atoms with Gasteiger partial charge in [-0.25, -0.2) is 0 Å². The molecule has 2 heterocycles. The van der Waals surface area contributed by atoms with Gasteiger partial charge >= 0.3 is 0 Å². The van der Waals surface area contributed by atoms with Crippen LogP contribution in [0.4, 0.5) is 0 Å². The first-order chi connectivity index (χ1) is 11.5. The van der Waals surface area contributed by atoms with Crippen LogP contribution in [0.5, 0.6) is 0 Å². The van der Waals surface area contributed by atoms with Crippen LogP contribution in [-0.4, -0.2) is 56.8 Å². The Kier molecular flexibility index (Phi) is 4.71. The number of carbonyl (C=O) groups is 2. The lowest BCUT2D eigenvalue weighted by Gasteiger charge is -2.46. The Hall–Kier alpha value is -2.15. The molecule has 2 aliphatic rings. The van der Waals surface area contributed by atoms with E-state index in [1.807, 2.05) is 16.9 Å². The molecule has 2 atom stereocenters. The predicted octanol–water partition coefficient (Wildman–Crippen LogP) is 0.490. The molecule has 1 aromatic heterocycles. The van der Waals surface area contributed by atoms with Gasteiger partial charge in [0.15, 0.2) is 0 Å². The van der Waals surface area contributed by atoms with Crippen LogP contribution in [0.25, 0.3) is 0 Å². The number of amides is 2. The van der Waals surface area contributed by atoms with E-state index < -0.39 is 5.60 Å². The largest absolute Gasteiger partial charge is 0.384 e. The maximum Gasteiger partial charge on any atom is 0.246 e. The van der Waals surface area contributed by atoms with Gasteiger partial charge < -0.3 is 15.3 Å². The molecular formula is C17H24N4O3. The second kappa shape index (κ2) is 6.76. The zero-order valence-corrected chi connectivity index (χ0v) is 13.7. The van der Waals surface area contributed by atoms with Gasteiger partial charge in [0.2, 0.25) is 11.8 Å². The Balaban J connectivity index is 1.54. The number of carbonyl (C=O) groups excluding carboxylic acids is 2. The summed E-state index contributed by atoms with van der Waals surface area (Å²) in [6, 6.07) is 1.94. The molecule has 1 aliphatic heterocycles. The fraction of sp³-hybridized carbons (Fsp3) is 0.588. The lowest BCUT2D eigenvalue weighted by Crippen LogP contribution is -2.67. The molecule has 0 bridgehead atoms. The topological polar surface area (TPSA) is 87.5 Å². The van der Waals surface area contributed by atoms with Crippen molar-refractivity contribution in [3.63, 3.8) is 0 Å². The Bertz CT molecular complexity index is 607. The highest BCUT2D eigenvalue weighted by molar-refractivity contribution is 5.88. The van der Waals surface area contributed by atoms with E-state index >= 15 is 0 Å². The van der Waals surface area contributed by atoms with Crippen molar-refractivity contribution < 1.29 is 14.7 Å². The molecule has 2 N–H and O–H groups in total. The molecule has 3 rings (SSSR count). The molecule has 0 aromatic carbocycles. The predicted molar refractivity (Wildman–Crippen MR) is 88.0 cm³/mol. The Morgan fingerprint density at radius 1 is 1.38 bits per heavy atom. The van der Waals surface area contributed by atoms with Crippen LogP contribution in [0.1, 0.15) is 31.7 Å². The van der Waals surface area contributed by atoms with Crippen LogP contribution in [0.3, 0.4) is 0 Å². The number of rotatable bonds is 5. The van der Waals surface area contributed by atoms with Crippen LogP contribution in [0.15, 0.2) is 31.1 Å². The lowest BCUT2D eigenvalue weighted by molar-refractivity contribution is -0.150. The molecule has 130 valence electrons. The molecule has 2 unspecified atom stereocenters. The lowest BCUT2D eigenvalue weighted by atomic mass is 9.83. The monoisotopic (exact) mass is 332 g/mol. The first-order valence-electron chi connectivity index (χ1n) is 8.43. The third-order valence-electron chi connectivity index (χ3n) is 4.98. The molecule has 1 saturated heterocycles. The average molecular weight is 332 g/mol. The van der Waals surface area contributed by atoms with E-state index in [1.54, 1.807) is 6.20 Å². The van der Waals surface area contributed by atoms with E-state index in [0.29, 0.717) is 0 Å². The van der Waals surface area contributed by atoms with Gasteiger partial charge in [0, 0.05) is 18.9 Å². The number of hydrogen-bond donors (Lipinski definition) is 2. The zero-order chi connectivity index (χ0) is 17.2. The summed E-state index contributed by atoms with van der Waals surface area (Å²) in [6.07, 6.45) is 8.75. The van der Waals surface area contributed by atoms with Crippen LogP contribution in [-0.2, 0) is 9.59 Å². The van der Waals surface area contributed by atoms with E-state index in [2.05, 4.69) is 17.0 Å². The average Bonchev–Trinajstić information content (AvgIpc) is 3.11. The summed E-state index contributed by atoms with van der Waals surface area (Å²) in [4.78, 5) is 25.5. The smallest absolute Gasteiger partial charge is 0.246 e. The first-order valence-corrected chi connectivity index (χ1v) is 8.43. The molecule has 1 aromatic rings. The number of aromatic nitrogens is 2. The number of nitrogens with one attached hydrogen (secondary N) is 1. The second-order valence-corrected chi connectivity index (χ2v) is 6.78. The maximum atomic E-state index is 12.6. The van der Waals surface area contributed by atoms with Crippen molar-refractivity contribution in [1.29, 1.82) is 0 Å². The summed E-state index contributed by atoms with van der Waals surface area (Å²) in [5.74, 6) is -0.373. The first kappa shape index (κ1) is 16.7. The van der Waals surface area contributed by atoms with E-state index in [1.165, 1.54) is 11.0 Å². The molecular weight excluding hydrogens is 308 g/mol. The van der Waals surface area contributed by atoms with Gasteiger partial charge in [-0.3, -0.25) is 14.3 Å². The number of hydrogen-bond acceptors (Lipinski definition) is 4. The second-order valence-electron chi connectivity index (χ2n) is 6.78. The van der Waals surface area contributed by atoms with E-state index in [4.69, 9.17) is 0 Å². The quantitative estimate of drug-likeness (QED) is 0.768. The van der Waals surface area contributed by atoms with Gasteiger partial charge in [-0.05, 0) is 25.0 Å². The molecule has 2 amide bonds. The molecule has 7 heteroatoms. The van der Waals surface area contributed by atoms with E-state index in [-0.39, 0.29) is 43.4 Å². The summed E-state index contributed by atoms with van der Waals surface area (Å²) in [5, 5.41) is 17.5. The number of aliphatic hydroxyl groups is 1. The SMILES string of the molecule is C=CC(=O)N1CC(O)(CNC(=O)C2CCCCC2n2cccn2)C1. The minimum absolute atomic E-state index is 0.0443. The summed E-state index contributed by atoms with van der Waals surface area (Å²) >= 11 is 0. The summed E-state index contributed by atoms with van der Waals surface area (Å²) in [5.41, 5.74) is -1.04. The van der Waals surface area contributed by atoms with Crippen LogP contribution >= 0.6 is 0 Å². The highest BCUT2D eigenvalue weighted by Crippen LogP contribution is 2.33. The fourth-order valence-corrected chi connectivity index (χ4v) is 3.65. The Morgan fingerprint density at radius 3 is 2.79 bits per heavy atom. The van der Waals surface area contributed by atoms with Gasteiger partial charge in [-0.1, -0.05) is 19.4 Å². The third kappa shape index (κ3) is 3.36. The molecule has 0 radical (unpaired) electrons. The standard InChI is InChI=1S/C17H24N4O3/c1-2-15(22)20-11-17(24,12-20)10-18-16(23)13-6-3-4-7-14(13)21-9-5-8-19-21/h2,5,8-9,13-14,24H,1,3-4,6-7,10-12H2,(H,18,23). The van der Waals surface area contributed by atoms with Crippen molar-refractivity contribution in [3.8, 4) is 0 Å².